The number of hydrogen-bond donors (Lipinski definition) is 1. The van der Waals surface area contributed by atoms with E-state index >= 15 is 0 Å². The van der Waals surface area contributed by atoms with E-state index in [1.165, 1.54) is 5.56 Å². The number of nitrogens with zero attached hydrogens (tertiary/aromatic N) is 4. The molecule has 4 rings (SSSR count). The molecule has 3 aromatic rings. The standard InChI is InChI=1S/C20H20BrN5O/c1-25-19(27)12-17(15-6-8-22-9-7-15)24-20(25)26-11-10-23-18(13-26)14-2-4-16(21)5-3-14/h2-9,12,18,23H,10-11,13H2,1H3. The Kier molecular flexibility index (Phi) is 5.05. The lowest BCUT2D eigenvalue weighted by molar-refractivity contribution is 0.462. The number of aromatic nitrogens is 3. The zero-order valence-electron chi connectivity index (χ0n) is 15.0. The number of halogens is 1. The van der Waals surface area contributed by atoms with E-state index < -0.39 is 0 Å². The highest BCUT2D eigenvalue weighted by atomic mass is 79.9. The normalized spacial score (nSPS) is 17.1. The van der Waals surface area contributed by atoms with Crippen LogP contribution in [0.1, 0.15) is 11.6 Å². The predicted octanol–water partition coefficient (Wildman–Crippen LogP) is 2.76. The highest BCUT2D eigenvalue weighted by Crippen LogP contribution is 2.24. The molecular formula is C20H20BrN5O. The molecular weight excluding hydrogens is 406 g/mol. The average molecular weight is 426 g/mol. The molecule has 27 heavy (non-hydrogen) atoms. The SMILES string of the molecule is Cn1c(N2CCNC(c3ccc(Br)cc3)C2)nc(-c2ccncc2)cc1=O. The third-order valence-electron chi connectivity index (χ3n) is 4.82. The van der Waals surface area contributed by atoms with E-state index in [0.717, 1.165) is 29.7 Å². The van der Waals surface area contributed by atoms with Crippen molar-refractivity contribution in [1.29, 1.82) is 0 Å². The summed E-state index contributed by atoms with van der Waals surface area (Å²) >= 11 is 3.48. The van der Waals surface area contributed by atoms with Gasteiger partial charge in [0.2, 0.25) is 5.95 Å². The lowest BCUT2D eigenvalue weighted by atomic mass is 10.0. The number of anilines is 1. The van der Waals surface area contributed by atoms with Gasteiger partial charge in [0.1, 0.15) is 0 Å². The molecule has 3 heterocycles. The zero-order valence-corrected chi connectivity index (χ0v) is 16.6. The number of benzene rings is 1. The van der Waals surface area contributed by atoms with Crippen LogP contribution in [-0.4, -0.2) is 34.2 Å². The van der Waals surface area contributed by atoms with Crippen molar-refractivity contribution in [3.63, 3.8) is 0 Å². The molecule has 1 unspecified atom stereocenters. The van der Waals surface area contributed by atoms with E-state index in [0.29, 0.717) is 11.6 Å². The molecule has 1 N–H and O–H groups in total. The van der Waals surface area contributed by atoms with Gasteiger partial charge in [0.25, 0.3) is 5.56 Å². The lowest BCUT2D eigenvalue weighted by Crippen LogP contribution is -2.47. The van der Waals surface area contributed by atoms with Crippen LogP contribution in [-0.2, 0) is 7.05 Å². The summed E-state index contributed by atoms with van der Waals surface area (Å²) in [6.45, 7) is 2.38. The summed E-state index contributed by atoms with van der Waals surface area (Å²) in [7, 11) is 1.78. The topological polar surface area (TPSA) is 63.1 Å². The van der Waals surface area contributed by atoms with Crippen molar-refractivity contribution >= 4 is 21.9 Å². The quantitative estimate of drug-likeness (QED) is 0.698. The average Bonchev–Trinajstić information content (AvgIpc) is 2.71. The fourth-order valence-corrected chi connectivity index (χ4v) is 3.60. The van der Waals surface area contributed by atoms with Gasteiger partial charge >= 0.3 is 0 Å². The minimum Gasteiger partial charge on any atom is -0.339 e. The van der Waals surface area contributed by atoms with Crippen LogP contribution in [0, 0.1) is 0 Å². The summed E-state index contributed by atoms with van der Waals surface area (Å²) in [5.74, 6) is 0.693. The first-order valence-electron chi connectivity index (χ1n) is 8.84. The minimum absolute atomic E-state index is 0.0643. The molecule has 0 spiro atoms. The predicted molar refractivity (Wildman–Crippen MR) is 110 cm³/mol. The first-order chi connectivity index (χ1) is 13.1. The van der Waals surface area contributed by atoms with Gasteiger partial charge in [-0.05, 0) is 29.8 Å². The summed E-state index contributed by atoms with van der Waals surface area (Å²) in [6.07, 6.45) is 3.42. The van der Waals surface area contributed by atoms with Crippen molar-refractivity contribution in [2.45, 2.75) is 6.04 Å². The van der Waals surface area contributed by atoms with Crippen molar-refractivity contribution in [2.24, 2.45) is 7.05 Å². The summed E-state index contributed by atoms with van der Waals surface area (Å²) < 4.78 is 2.68. The molecule has 0 aliphatic carbocycles. The van der Waals surface area contributed by atoms with Crippen LogP contribution >= 0.6 is 15.9 Å². The van der Waals surface area contributed by atoms with Crippen molar-refractivity contribution in [1.82, 2.24) is 19.9 Å². The Morgan fingerprint density at radius 3 is 2.63 bits per heavy atom. The molecule has 138 valence electrons. The molecule has 0 amide bonds. The summed E-state index contributed by atoms with van der Waals surface area (Å²) in [6, 6.07) is 13.8. The van der Waals surface area contributed by atoms with Crippen molar-refractivity contribution < 1.29 is 0 Å². The van der Waals surface area contributed by atoms with Crippen molar-refractivity contribution in [3.05, 3.63) is 75.2 Å². The van der Waals surface area contributed by atoms with Gasteiger partial charge in [-0.3, -0.25) is 14.3 Å². The van der Waals surface area contributed by atoms with Crippen LogP contribution in [0.25, 0.3) is 11.3 Å². The second-order valence-corrected chi connectivity index (χ2v) is 7.49. The largest absolute Gasteiger partial charge is 0.339 e. The fraction of sp³-hybridized carbons (Fsp3) is 0.250. The van der Waals surface area contributed by atoms with Crippen LogP contribution in [0.5, 0.6) is 0 Å². The number of hydrogen-bond acceptors (Lipinski definition) is 5. The first-order valence-corrected chi connectivity index (χ1v) is 9.63. The molecule has 1 aliphatic rings. The third-order valence-corrected chi connectivity index (χ3v) is 5.35. The number of pyridine rings is 1. The van der Waals surface area contributed by atoms with Gasteiger partial charge in [0, 0.05) is 61.2 Å². The lowest BCUT2D eigenvalue weighted by Gasteiger charge is -2.35. The maximum Gasteiger partial charge on any atom is 0.255 e. The monoisotopic (exact) mass is 425 g/mol. The van der Waals surface area contributed by atoms with Crippen molar-refractivity contribution in [3.8, 4) is 11.3 Å². The molecule has 1 atom stereocenters. The maximum atomic E-state index is 12.5. The Morgan fingerprint density at radius 1 is 1.15 bits per heavy atom. The van der Waals surface area contributed by atoms with Gasteiger partial charge < -0.3 is 10.2 Å². The fourth-order valence-electron chi connectivity index (χ4n) is 3.33. The van der Waals surface area contributed by atoms with E-state index in [1.54, 1.807) is 30.1 Å². The van der Waals surface area contributed by atoms with Gasteiger partial charge in [-0.25, -0.2) is 4.98 Å². The summed E-state index contributed by atoms with van der Waals surface area (Å²) in [4.78, 5) is 23.5. The van der Waals surface area contributed by atoms with E-state index in [-0.39, 0.29) is 11.6 Å². The Morgan fingerprint density at radius 2 is 1.89 bits per heavy atom. The molecule has 0 saturated carbocycles. The van der Waals surface area contributed by atoms with E-state index in [1.807, 2.05) is 24.3 Å². The molecule has 1 fully saturated rings. The Bertz CT molecular complexity index is 988. The van der Waals surface area contributed by atoms with Gasteiger partial charge in [-0.1, -0.05) is 28.1 Å². The highest BCUT2D eigenvalue weighted by molar-refractivity contribution is 9.10. The highest BCUT2D eigenvalue weighted by Gasteiger charge is 2.24. The van der Waals surface area contributed by atoms with E-state index in [4.69, 9.17) is 4.98 Å². The summed E-state index contributed by atoms with van der Waals surface area (Å²) in [5.41, 5.74) is 2.72. The molecule has 0 bridgehead atoms. The van der Waals surface area contributed by atoms with Crippen molar-refractivity contribution in [2.75, 3.05) is 24.5 Å². The van der Waals surface area contributed by atoms with Crippen LogP contribution in [0.15, 0.2) is 64.1 Å². The smallest absolute Gasteiger partial charge is 0.255 e. The van der Waals surface area contributed by atoms with Gasteiger partial charge in [-0.15, -0.1) is 0 Å². The molecule has 1 saturated heterocycles. The Balaban J connectivity index is 1.67. The maximum absolute atomic E-state index is 12.5. The third kappa shape index (κ3) is 3.79. The Labute approximate surface area is 166 Å². The van der Waals surface area contributed by atoms with Gasteiger partial charge in [0.15, 0.2) is 0 Å². The molecule has 7 heteroatoms. The van der Waals surface area contributed by atoms with Gasteiger partial charge in [-0.2, -0.15) is 0 Å². The van der Waals surface area contributed by atoms with Crippen LogP contribution in [0.2, 0.25) is 0 Å². The second kappa shape index (κ2) is 7.62. The Hall–Kier alpha value is -2.51. The first kappa shape index (κ1) is 17.9. The number of nitrogens with one attached hydrogen (secondary N) is 1. The van der Waals surface area contributed by atoms with Gasteiger partial charge in [0.05, 0.1) is 5.69 Å². The molecule has 1 aromatic carbocycles. The molecule has 0 radical (unpaired) electrons. The second-order valence-electron chi connectivity index (χ2n) is 6.58. The molecule has 1 aliphatic heterocycles. The van der Waals surface area contributed by atoms with E-state index in [2.05, 4.69) is 43.3 Å². The number of rotatable bonds is 3. The molecule has 2 aromatic heterocycles. The van der Waals surface area contributed by atoms with Crippen LogP contribution in [0.3, 0.4) is 0 Å². The zero-order chi connectivity index (χ0) is 18.8. The van der Waals surface area contributed by atoms with Crippen LogP contribution < -0.4 is 15.8 Å². The minimum atomic E-state index is -0.0643. The van der Waals surface area contributed by atoms with Crippen LogP contribution in [0.4, 0.5) is 5.95 Å². The summed E-state index contributed by atoms with van der Waals surface area (Å²) in [5, 5.41) is 3.55. The number of piperazine rings is 1. The molecule has 6 nitrogen and oxygen atoms in total. The van der Waals surface area contributed by atoms with E-state index in [9.17, 15) is 4.79 Å².